The quantitative estimate of drug-likeness (QED) is 0.433. The Bertz CT molecular complexity index is 1630. The lowest BCUT2D eigenvalue weighted by atomic mass is 10.1. The molecule has 1 aliphatic carbocycles. The van der Waals surface area contributed by atoms with E-state index < -0.39 is 43.6 Å². The van der Waals surface area contributed by atoms with E-state index in [9.17, 15) is 36.0 Å². The monoisotopic (exact) mass is 574 g/mol. The van der Waals surface area contributed by atoms with Crippen LogP contribution in [0.25, 0.3) is 0 Å². The van der Waals surface area contributed by atoms with E-state index in [1.165, 1.54) is 30.5 Å². The Hall–Kier alpha value is -4.46. The minimum atomic E-state index is -5.61. The Balaban J connectivity index is 1.49. The van der Waals surface area contributed by atoms with Gasteiger partial charge in [0.2, 0.25) is 0 Å². The Labute approximate surface area is 226 Å². The number of aromatic nitrogens is 1. The predicted molar refractivity (Wildman–Crippen MR) is 137 cm³/mol. The molecule has 2 aromatic carbocycles. The highest BCUT2D eigenvalue weighted by atomic mass is 32.2. The van der Waals surface area contributed by atoms with Crippen molar-refractivity contribution in [2.45, 2.75) is 29.3 Å². The molecule has 2 unspecified atom stereocenters. The Kier molecular flexibility index (Phi) is 6.32. The van der Waals surface area contributed by atoms with E-state index in [4.69, 9.17) is 4.74 Å². The van der Waals surface area contributed by atoms with Crippen LogP contribution in [0.5, 0.6) is 5.75 Å². The summed E-state index contributed by atoms with van der Waals surface area (Å²) in [7, 11) is -4.13. The second kappa shape index (κ2) is 9.33. The molecule has 1 spiro atoms. The topological polar surface area (TPSA) is 126 Å². The molecule has 1 aromatic heterocycles. The van der Waals surface area contributed by atoms with Crippen LogP contribution >= 0.6 is 0 Å². The zero-order chi connectivity index (χ0) is 29.0. The van der Waals surface area contributed by atoms with Crippen molar-refractivity contribution in [3.05, 3.63) is 72.6 Å². The predicted octanol–water partition coefficient (Wildman–Crippen LogP) is 4.39. The van der Waals surface area contributed by atoms with Crippen LogP contribution in [0.4, 0.5) is 35.0 Å². The second-order valence-corrected chi connectivity index (χ2v) is 11.2. The minimum Gasteiger partial charge on any atom is -0.497 e. The number of hydrogen-bond donors (Lipinski definition) is 1. The highest BCUT2D eigenvalue weighted by molar-refractivity contribution is 7.92. The summed E-state index contributed by atoms with van der Waals surface area (Å²) in [6.45, 7) is 1.76. The number of rotatable bonds is 6. The molecule has 1 N–H and O–H groups in total. The lowest BCUT2D eigenvalue weighted by Crippen LogP contribution is -2.39. The van der Waals surface area contributed by atoms with E-state index in [2.05, 4.69) is 10.3 Å². The van der Waals surface area contributed by atoms with E-state index in [1.54, 1.807) is 31.2 Å². The van der Waals surface area contributed by atoms with Crippen molar-refractivity contribution >= 4 is 44.7 Å². The number of hydrogen-bond acceptors (Lipinski definition) is 7. The van der Waals surface area contributed by atoms with Crippen LogP contribution in [-0.4, -0.2) is 49.4 Å². The number of alkyl halides is 3. The van der Waals surface area contributed by atoms with E-state index in [1.807, 2.05) is 0 Å². The van der Waals surface area contributed by atoms with E-state index in [-0.39, 0.29) is 23.0 Å². The molecule has 2 aliphatic rings. The fraction of sp³-hybridized carbons (Fsp3) is 0.231. The van der Waals surface area contributed by atoms with Gasteiger partial charge in [-0.3, -0.25) is 19.5 Å². The van der Waals surface area contributed by atoms with Crippen molar-refractivity contribution < 1.29 is 40.7 Å². The molecule has 40 heavy (non-hydrogen) atoms. The fourth-order valence-corrected chi connectivity index (χ4v) is 5.50. The first kappa shape index (κ1) is 27.1. The normalized spacial score (nSPS) is 20.7. The summed E-state index contributed by atoms with van der Waals surface area (Å²) in [5, 5.41) is 2.71. The lowest BCUT2D eigenvalue weighted by Gasteiger charge is -2.24. The summed E-state index contributed by atoms with van der Waals surface area (Å²) in [5.74, 6) is -0.863. The number of pyridine rings is 1. The average Bonchev–Trinajstić information content (AvgIpc) is 3.54. The molecule has 1 saturated heterocycles. The van der Waals surface area contributed by atoms with Gasteiger partial charge in [0.1, 0.15) is 11.3 Å². The van der Waals surface area contributed by atoms with E-state index in [0.717, 1.165) is 17.0 Å². The number of anilines is 3. The number of carbonyl (C=O) groups excluding carboxylic acids is 3. The molecule has 14 heteroatoms. The van der Waals surface area contributed by atoms with Gasteiger partial charge in [0, 0.05) is 11.8 Å². The van der Waals surface area contributed by atoms with Gasteiger partial charge in [-0.15, -0.1) is 0 Å². The van der Waals surface area contributed by atoms with Gasteiger partial charge in [0.15, 0.2) is 0 Å². The maximum Gasteiger partial charge on any atom is 0.501 e. The van der Waals surface area contributed by atoms with Crippen LogP contribution in [0.2, 0.25) is 0 Å². The summed E-state index contributed by atoms with van der Waals surface area (Å²) in [6, 6.07) is 10.3. The molecule has 208 valence electrons. The number of urea groups is 1. The van der Waals surface area contributed by atoms with Crippen molar-refractivity contribution in [1.29, 1.82) is 0 Å². The summed E-state index contributed by atoms with van der Waals surface area (Å²) in [5.41, 5.74) is -6.27. The van der Waals surface area contributed by atoms with Crippen molar-refractivity contribution in [2.24, 2.45) is 5.92 Å². The number of nitrogens with zero attached hydrogens (tertiary/aromatic N) is 3. The molecule has 2 fully saturated rings. The zero-order valence-electron chi connectivity index (χ0n) is 21.0. The van der Waals surface area contributed by atoms with Gasteiger partial charge in [-0.05, 0) is 66.9 Å². The third kappa shape index (κ3) is 4.15. The number of methoxy groups -OCH3 is 1. The fourth-order valence-electron chi connectivity index (χ4n) is 4.73. The maximum absolute atomic E-state index is 13.7. The smallest absolute Gasteiger partial charge is 0.497 e. The van der Waals surface area contributed by atoms with E-state index >= 15 is 0 Å². The van der Waals surface area contributed by atoms with Crippen LogP contribution < -0.4 is 19.9 Å². The molecule has 2 heterocycles. The number of imide groups is 1. The number of amides is 4. The highest BCUT2D eigenvalue weighted by Gasteiger charge is 2.71. The molecule has 0 radical (unpaired) electrons. The molecular weight excluding hydrogens is 553 g/mol. The minimum absolute atomic E-state index is 0.102. The van der Waals surface area contributed by atoms with Crippen LogP contribution in [0.1, 0.15) is 23.7 Å². The molecule has 1 aliphatic heterocycles. The van der Waals surface area contributed by atoms with Crippen molar-refractivity contribution in [3.63, 3.8) is 0 Å². The van der Waals surface area contributed by atoms with Gasteiger partial charge in [-0.2, -0.15) is 13.2 Å². The molecule has 3 aromatic rings. The Morgan fingerprint density at radius 2 is 1.70 bits per heavy atom. The first-order valence-electron chi connectivity index (χ1n) is 11.8. The van der Waals surface area contributed by atoms with Gasteiger partial charge in [0.25, 0.3) is 21.7 Å². The third-order valence-electron chi connectivity index (χ3n) is 6.98. The molecule has 5 rings (SSSR count). The number of carbonyl (C=O) groups is 3. The molecule has 1 saturated carbocycles. The molecule has 0 bridgehead atoms. The molecule has 10 nitrogen and oxygen atoms in total. The Morgan fingerprint density at radius 1 is 1.07 bits per heavy atom. The van der Waals surface area contributed by atoms with Crippen LogP contribution in [0, 0.1) is 5.92 Å². The van der Waals surface area contributed by atoms with E-state index in [0.29, 0.717) is 29.9 Å². The maximum atomic E-state index is 13.7. The molecule has 2 atom stereocenters. The summed E-state index contributed by atoms with van der Waals surface area (Å²) in [4.78, 5) is 45.3. The number of ether oxygens (including phenoxy) is 1. The number of halogens is 3. The van der Waals surface area contributed by atoms with Gasteiger partial charge in [-0.25, -0.2) is 18.1 Å². The van der Waals surface area contributed by atoms with Crippen LogP contribution in [-0.2, 0) is 14.6 Å². The molecular formula is C26H21F3N4O6S. The highest BCUT2D eigenvalue weighted by Crippen LogP contribution is 2.56. The number of sulfone groups is 1. The Morgan fingerprint density at radius 3 is 2.25 bits per heavy atom. The standard InChI is InChI=1S/C26H21F3N4O6S/c1-15-13-25(15)23(35)32(17-5-9-19(10-6-17)40(37,38)26(27,28)29)24(36)33(25)21-11-12-30-14-20(21)31-22(34)16-3-7-18(39-2)8-4-16/h3-12,14-15H,13H2,1-2H3,(H,31,34). The first-order valence-corrected chi connectivity index (χ1v) is 13.3. The summed E-state index contributed by atoms with van der Waals surface area (Å²) >= 11 is 0. The SMILES string of the molecule is COc1ccc(C(=O)Nc2cnccc2N2C(=O)N(c3ccc(S(=O)(=O)C(F)(F)F)cc3)C(=O)C23CC3C)cc1. The van der Waals surface area contributed by atoms with Gasteiger partial charge in [-0.1, -0.05) is 6.92 Å². The van der Waals surface area contributed by atoms with Gasteiger partial charge in [0.05, 0.1) is 35.3 Å². The lowest BCUT2D eigenvalue weighted by molar-refractivity contribution is -0.119. The van der Waals surface area contributed by atoms with Gasteiger partial charge >= 0.3 is 11.5 Å². The number of nitrogens with one attached hydrogen (secondary N) is 1. The average molecular weight is 575 g/mol. The van der Waals surface area contributed by atoms with Crippen LogP contribution in [0.15, 0.2) is 71.9 Å². The largest absolute Gasteiger partial charge is 0.501 e. The van der Waals surface area contributed by atoms with Crippen LogP contribution in [0.3, 0.4) is 0 Å². The summed E-state index contributed by atoms with van der Waals surface area (Å²) in [6.07, 6.45) is 3.01. The first-order chi connectivity index (χ1) is 18.8. The summed E-state index contributed by atoms with van der Waals surface area (Å²) < 4.78 is 67.4. The van der Waals surface area contributed by atoms with Gasteiger partial charge < -0.3 is 10.1 Å². The van der Waals surface area contributed by atoms with Crippen molar-refractivity contribution in [3.8, 4) is 5.75 Å². The third-order valence-corrected chi connectivity index (χ3v) is 8.48. The molecule has 4 amide bonds. The zero-order valence-corrected chi connectivity index (χ0v) is 21.8. The second-order valence-electron chi connectivity index (χ2n) is 9.31. The number of benzene rings is 2. The van der Waals surface area contributed by atoms with Crippen molar-refractivity contribution in [2.75, 3.05) is 22.2 Å². The van der Waals surface area contributed by atoms with Crippen molar-refractivity contribution in [1.82, 2.24) is 4.98 Å².